The monoisotopic (exact) mass is 377 g/mol. The Bertz CT molecular complexity index is 640. The molecule has 0 aromatic heterocycles. The molecule has 0 radical (unpaired) electrons. The molecule has 1 saturated heterocycles. The number of nitrogens with one attached hydrogen (secondary N) is 2. The molecule has 0 unspecified atom stereocenters. The predicted molar refractivity (Wildman–Crippen MR) is 105 cm³/mol. The van der Waals surface area contributed by atoms with E-state index in [1.165, 1.54) is 0 Å². The van der Waals surface area contributed by atoms with E-state index in [0.717, 1.165) is 25.9 Å². The Balaban J connectivity index is 1.78. The van der Waals surface area contributed by atoms with Crippen LogP contribution in [0.3, 0.4) is 0 Å². The van der Waals surface area contributed by atoms with Gasteiger partial charge >= 0.3 is 0 Å². The van der Waals surface area contributed by atoms with Gasteiger partial charge in [-0.1, -0.05) is 13.8 Å². The molecule has 2 amide bonds. The van der Waals surface area contributed by atoms with Crippen LogP contribution in [0, 0.1) is 11.8 Å². The normalized spacial score (nSPS) is 15.4. The Kier molecular flexibility index (Phi) is 7.91. The maximum atomic E-state index is 12.3. The lowest BCUT2D eigenvalue weighted by atomic mass is 9.95. The summed E-state index contributed by atoms with van der Waals surface area (Å²) in [5, 5.41) is 5.89. The molecule has 2 rings (SSSR count). The van der Waals surface area contributed by atoms with Gasteiger partial charge in [-0.05, 0) is 44.0 Å². The van der Waals surface area contributed by atoms with Crippen LogP contribution < -0.4 is 20.1 Å². The number of carbonyl (C=O) groups excluding carboxylic acids is 2. The Morgan fingerprint density at radius 3 is 2.41 bits per heavy atom. The fourth-order valence-electron chi connectivity index (χ4n) is 3.12. The highest BCUT2D eigenvalue weighted by atomic mass is 16.5. The molecule has 7 heteroatoms. The highest BCUT2D eigenvalue weighted by Gasteiger charge is 2.25. The molecular weight excluding hydrogens is 346 g/mol. The number of carbonyl (C=O) groups is 2. The van der Waals surface area contributed by atoms with Crippen molar-refractivity contribution in [1.29, 1.82) is 0 Å². The van der Waals surface area contributed by atoms with E-state index in [0.29, 0.717) is 36.2 Å². The van der Waals surface area contributed by atoms with Crippen LogP contribution in [0.25, 0.3) is 0 Å². The smallest absolute Gasteiger partial charge is 0.238 e. The third-order valence-electron chi connectivity index (χ3n) is 4.68. The van der Waals surface area contributed by atoms with Crippen molar-refractivity contribution in [2.24, 2.45) is 11.8 Å². The number of ether oxygens (including phenoxy) is 2. The summed E-state index contributed by atoms with van der Waals surface area (Å²) in [6.07, 6.45) is 1.57. The highest BCUT2D eigenvalue weighted by Crippen LogP contribution is 2.29. The van der Waals surface area contributed by atoms with Crippen molar-refractivity contribution in [1.82, 2.24) is 10.2 Å². The topological polar surface area (TPSA) is 79.9 Å². The molecule has 1 heterocycles. The molecule has 0 aliphatic carbocycles. The van der Waals surface area contributed by atoms with Crippen LogP contribution in [0.15, 0.2) is 18.2 Å². The fraction of sp³-hybridized carbons (Fsp3) is 0.600. The standard InChI is InChI=1S/C20H31N3O4/c1-14(2)12-21-20(25)15-7-9-23(10-8-15)13-19(24)22-16-5-6-17(26-3)18(11-16)27-4/h5-6,11,14-15H,7-10,12-13H2,1-4H3,(H,21,25)(H,22,24). The molecule has 1 fully saturated rings. The summed E-state index contributed by atoms with van der Waals surface area (Å²) in [4.78, 5) is 26.6. The van der Waals surface area contributed by atoms with Crippen molar-refractivity contribution in [3.05, 3.63) is 18.2 Å². The zero-order valence-corrected chi connectivity index (χ0v) is 16.7. The van der Waals surface area contributed by atoms with Crippen molar-refractivity contribution in [3.63, 3.8) is 0 Å². The summed E-state index contributed by atoms with van der Waals surface area (Å²) in [6.45, 7) is 6.69. The minimum atomic E-state index is -0.0788. The maximum absolute atomic E-state index is 12.3. The van der Waals surface area contributed by atoms with Crippen LogP contribution >= 0.6 is 0 Å². The minimum absolute atomic E-state index is 0.0499. The number of piperidine rings is 1. The summed E-state index contributed by atoms with van der Waals surface area (Å²) in [6, 6.07) is 5.28. The van der Waals surface area contributed by atoms with Crippen molar-refractivity contribution in [3.8, 4) is 11.5 Å². The van der Waals surface area contributed by atoms with E-state index in [9.17, 15) is 9.59 Å². The SMILES string of the molecule is COc1ccc(NC(=O)CN2CCC(C(=O)NCC(C)C)CC2)cc1OC. The summed E-state index contributed by atoms with van der Waals surface area (Å²) < 4.78 is 10.5. The second kappa shape index (κ2) is 10.2. The highest BCUT2D eigenvalue weighted by molar-refractivity contribution is 5.92. The van der Waals surface area contributed by atoms with Gasteiger partial charge in [-0.15, -0.1) is 0 Å². The number of amides is 2. The van der Waals surface area contributed by atoms with Crippen LogP contribution in [-0.2, 0) is 9.59 Å². The first-order valence-electron chi connectivity index (χ1n) is 9.44. The maximum Gasteiger partial charge on any atom is 0.238 e. The lowest BCUT2D eigenvalue weighted by Crippen LogP contribution is -2.43. The van der Waals surface area contributed by atoms with Gasteiger partial charge in [0.15, 0.2) is 11.5 Å². The summed E-state index contributed by atoms with van der Waals surface area (Å²) in [7, 11) is 3.13. The average molecular weight is 377 g/mol. The Labute approximate surface area is 161 Å². The van der Waals surface area contributed by atoms with Crippen molar-refractivity contribution in [2.75, 3.05) is 45.7 Å². The summed E-state index contributed by atoms with van der Waals surface area (Å²) >= 11 is 0. The molecule has 1 aromatic rings. The number of rotatable bonds is 8. The second-order valence-electron chi connectivity index (χ2n) is 7.31. The van der Waals surface area contributed by atoms with Gasteiger partial charge in [-0.25, -0.2) is 0 Å². The van der Waals surface area contributed by atoms with Gasteiger partial charge in [0.1, 0.15) is 0 Å². The molecule has 150 valence electrons. The van der Waals surface area contributed by atoms with Crippen molar-refractivity contribution in [2.45, 2.75) is 26.7 Å². The van der Waals surface area contributed by atoms with Gasteiger partial charge in [0.2, 0.25) is 11.8 Å². The lowest BCUT2D eigenvalue weighted by Gasteiger charge is -2.30. The third-order valence-corrected chi connectivity index (χ3v) is 4.68. The Morgan fingerprint density at radius 2 is 1.81 bits per heavy atom. The van der Waals surface area contributed by atoms with E-state index in [1.807, 2.05) is 0 Å². The van der Waals surface area contributed by atoms with Gasteiger partial charge in [-0.2, -0.15) is 0 Å². The molecule has 0 bridgehead atoms. The largest absolute Gasteiger partial charge is 0.493 e. The molecule has 27 heavy (non-hydrogen) atoms. The molecular formula is C20H31N3O4. The molecule has 1 aliphatic rings. The lowest BCUT2D eigenvalue weighted by molar-refractivity contribution is -0.126. The third kappa shape index (κ3) is 6.43. The Morgan fingerprint density at radius 1 is 1.15 bits per heavy atom. The quantitative estimate of drug-likeness (QED) is 0.725. The number of benzene rings is 1. The molecule has 1 aromatic carbocycles. The second-order valence-corrected chi connectivity index (χ2v) is 7.31. The number of hydrogen-bond donors (Lipinski definition) is 2. The predicted octanol–water partition coefficient (Wildman–Crippen LogP) is 2.13. The molecule has 0 atom stereocenters. The van der Waals surface area contributed by atoms with Crippen molar-refractivity contribution < 1.29 is 19.1 Å². The summed E-state index contributed by atoms with van der Waals surface area (Å²) in [5.41, 5.74) is 0.667. The molecule has 0 spiro atoms. The van der Waals surface area contributed by atoms with Gasteiger partial charge in [-0.3, -0.25) is 14.5 Å². The first-order valence-corrected chi connectivity index (χ1v) is 9.44. The van der Waals surface area contributed by atoms with E-state index in [2.05, 4.69) is 29.4 Å². The molecule has 1 aliphatic heterocycles. The van der Waals surface area contributed by atoms with Crippen LogP contribution in [0.5, 0.6) is 11.5 Å². The molecule has 7 nitrogen and oxygen atoms in total. The van der Waals surface area contributed by atoms with Crippen LogP contribution in [0.1, 0.15) is 26.7 Å². The zero-order valence-electron chi connectivity index (χ0n) is 16.7. The van der Waals surface area contributed by atoms with E-state index < -0.39 is 0 Å². The minimum Gasteiger partial charge on any atom is -0.493 e. The molecule has 0 saturated carbocycles. The van der Waals surface area contributed by atoms with Gasteiger partial charge in [0.25, 0.3) is 0 Å². The number of methoxy groups -OCH3 is 2. The first kappa shape index (κ1) is 21.0. The average Bonchev–Trinajstić information content (AvgIpc) is 2.66. The Hall–Kier alpha value is -2.28. The number of likely N-dealkylation sites (tertiary alicyclic amines) is 1. The van der Waals surface area contributed by atoms with Crippen LogP contribution in [0.2, 0.25) is 0 Å². The van der Waals surface area contributed by atoms with Gasteiger partial charge in [0, 0.05) is 24.2 Å². The van der Waals surface area contributed by atoms with Gasteiger partial charge < -0.3 is 20.1 Å². The van der Waals surface area contributed by atoms with E-state index in [-0.39, 0.29) is 17.7 Å². The number of hydrogen-bond acceptors (Lipinski definition) is 5. The van der Waals surface area contributed by atoms with E-state index >= 15 is 0 Å². The van der Waals surface area contributed by atoms with E-state index in [4.69, 9.17) is 9.47 Å². The molecule has 2 N–H and O–H groups in total. The van der Waals surface area contributed by atoms with Crippen LogP contribution in [-0.4, -0.2) is 57.1 Å². The summed E-state index contributed by atoms with van der Waals surface area (Å²) in [5.74, 6) is 1.75. The fourth-order valence-corrected chi connectivity index (χ4v) is 3.12. The van der Waals surface area contributed by atoms with Crippen LogP contribution in [0.4, 0.5) is 5.69 Å². The number of nitrogens with zero attached hydrogens (tertiary/aromatic N) is 1. The number of anilines is 1. The zero-order chi connectivity index (χ0) is 19.8. The van der Waals surface area contributed by atoms with Crippen molar-refractivity contribution >= 4 is 17.5 Å². The van der Waals surface area contributed by atoms with E-state index in [1.54, 1.807) is 32.4 Å². The van der Waals surface area contributed by atoms with Gasteiger partial charge in [0.05, 0.1) is 20.8 Å². The first-order chi connectivity index (χ1) is 12.9.